The minimum Gasteiger partial charge on any atom is -0.494 e. The van der Waals surface area contributed by atoms with Gasteiger partial charge < -0.3 is 14.8 Å². The zero-order valence-corrected chi connectivity index (χ0v) is 15.0. The number of carbonyl (C=O) groups is 1. The molecular weight excluding hydrogens is 314 g/mol. The summed E-state index contributed by atoms with van der Waals surface area (Å²) in [5.41, 5.74) is 1.98. The van der Waals surface area contributed by atoms with E-state index in [1.54, 1.807) is 12.2 Å². The SMILES string of the molecule is CCOc1ccc(/C=C/C(=O)NC(C)c2ccc(OCC)cc2)cc1. The second-order valence-electron chi connectivity index (χ2n) is 5.57. The van der Waals surface area contributed by atoms with Gasteiger partial charge in [-0.15, -0.1) is 0 Å². The van der Waals surface area contributed by atoms with Crippen molar-refractivity contribution in [2.24, 2.45) is 0 Å². The molecule has 2 aromatic carbocycles. The Bertz CT molecular complexity index is 690. The van der Waals surface area contributed by atoms with Crippen molar-refractivity contribution in [2.75, 3.05) is 13.2 Å². The van der Waals surface area contributed by atoms with Gasteiger partial charge >= 0.3 is 0 Å². The van der Waals surface area contributed by atoms with Gasteiger partial charge in [-0.05, 0) is 62.2 Å². The van der Waals surface area contributed by atoms with E-state index < -0.39 is 0 Å². The van der Waals surface area contributed by atoms with E-state index in [2.05, 4.69) is 5.32 Å². The summed E-state index contributed by atoms with van der Waals surface area (Å²) in [4.78, 5) is 12.1. The molecule has 0 heterocycles. The van der Waals surface area contributed by atoms with Gasteiger partial charge in [-0.2, -0.15) is 0 Å². The highest BCUT2D eigenvalue weighted by molar-refractivity contribution is 5.92. The lowest BCUT2D eigenvalue weighted by Gasteiger charge is -2.13. The monoisotopic (exact) mass is 339 g/mol. The zero-order valence-electron chi connectivity index (χ0n) is 15.0. The van der Waals surface area contributed by atoms with E-state index in [-0.39, 0.29) is 11.9 Å². The minimum absolute atomic E-state index is 0.0758. The predicted octanol–water partition coefficient (Wildman–Crippen LogP) is 4.37. The van der Waals surface area contributed by atoms with Crippen LogP contribution in [0, 0.1) is 0 Å². The molecular formula is C21H25NO3. The third-order valence-corrected chi connectivity index (χ3v) is 3.67. The van der Waals surface area contributed by atoms with Crippen LogP contribution in [-0.2, 0) is 4.79 Å². The third kappa shape index (κ3) is 5.99. The van der Waals surface area contributed by atoms with Crippen LogP contribution in [-0.4, -0.2) is 19.1 Å². The first kappa shape index (κ1) is 18.6. The number of amides is 1. The molecule has 2 aromatic rings. The van der Waals surface area contributed by atoms with Crippen LogP contribution in [0.1, 0.15) is 37.9 Å². The summed E-state index contributed by atoms with van der Waals surface area (Å²) >= 11 is 0. The highest BCUT2D eigenvalue weighted by Gasteiger charge is 2.07. The van der Waals surface area contributed by atoms with Gasteiger partial charge in [0.1, 0.15) is 11.5 Å². The van der Waals surface area contributed by atoms with Crippen molar-refractivity contribution in [3.8, 4) is 11.5 Å². The normalized spacial score (nSPS) is 12.0. The Kier molecular flexibility index (Phi) is 7.08. The molecule has 1 atom stereocenters. The van der Waals surface area contributed by atoms with E-state index in [1.807, 2.05) is 69.3 Å². The quantitative estimate of drug-likeness (QED) is 0.726. The van der Waals surface area contributed by atoms with Crippen molar-refractivity contribution in [1.29, 1.82) is 0 Å². The summed E-state index contributed by atoms with van der Waals surface area (Å²) in [6.07, 6.45) is 3.33. The highest BCUT2D eigenvalue weighted by atomic mass is 16.5. The van der Waals surface area contributed by atoms with Gasteiger partial charge in [-0.25, -0.2) is 0 Å². The van der Waals surface area contributed by atoms with Crippen molar-refractivity contribution < 1.29 is 14.3 Å². The van der Waals surface area contributed by atoms with E-state index in [9.17, 15) is 4.79 Å². The van der Waals surface area contributed by atoms with Gasteiger partial charge in [-0.3, -0.25) is 4.79 Å². The second-order valence-corrected chi connectivity index (χ2v) is 5.57. The largest absolute Gasteiger partial charge is 0.494 e. The molecule has 0 aliphatic carbocycles. The first-order valence-corrected chi connectivity index (χ1v) is 8.56. The molecule has 4 nitrogen and oxygen atoms in total. The number of hydrogen-bond donors (Lipinski definition) is 1. The molecule has 0 bridgehead atoms. The number of hydrogen-bond acceptors (Lipinski definition) is 3. The minimum atomic E-state index is -0.129. The Balaban J connectivity index is 1.89. The number of rotatable bonds is 8. The van der Waals surface area contributed by atoms with Crippen molar-refractivity contribution in [2.45, 2.75) is 26.8 Å². The molecule has 0 saturated carbocycles. The topological polar surface area (TPSA) is 47.6 Å². The lowest BCUT2D eigenvalue weighted by Crippen LogP contribution is -2.24. The summed E-state index contributed by atoms with van der Waals surface area (Å²) in [5.74, 6) is 1.53. The van der Waals surface area contributed by atoms with Crippen molar-refractivity contribution >= 4 is 12.0 Å². The first-order valence-electron chi connectivity index (χ1n) is 8.56. The smallest absolute Gasteiger partial charge is 0.244 e. The number of ether oxygens (including phenoxy) is 2. The maximum absolute atomic E-state index is 12.1. The Hall–Kier alpha value is -2.75. The molecule has 25 heavy (non-hydrogen) atoms. The summed E-state index contributed by atoms with van der Waals surface area (Å²) in [6, 6.07) is 15.3. The summed E-state index contributed by atoms with van der Waals surface area (Å²) in [6.45, 7) is 7.14. The van der Waals surface area contributed by atoms with Crippen LogP contribution in [0.15, 0.2) is 54.6 Å². The molecule has 0 saturated heterocycles. The van der Waals surface area contributed by atoms with E-state index in [4.69, 9.17) is 9.47 Å². The predicted molar refractivity (Wildman–Crippen MR) is 101 cm³/mol. The average Bonchev–Trinajstić information content (AvgIpc) is 2.62. The Labute approximate surface area is 149 Å². The van der Waals surface area contributed by atoms with Crippen LogP contribution < -0.4 is 14.8 Å². The van der Waals surface area contributed by atoms with Crippen molar-refractivity contribution in [3.05, 3.63) is 65.7 Å². The highest BCUT2D eigenvalue weighted by Crippen LogP contribution is 2.18. The zero-order chi connectivity index (χ0) is 18.1. The van der Waals surface area contributed by atoms with Gasteiger partial charge in [0.15, 0.2) is 0 Å². The van der Waals surface area contributed by atoms with Gasteiger partial charge in [0, 0.05) is 6.08 Å². The number of nitrogens with one attached hydrogen (secondary N) is 1. The summed E-state index contributed by atoms with van der Waals surface area (Å²) in [5, 5.41) is 2.96. The molecule has 2 rings (SSSR count). The fourth-order valence-corrected chi connectivity index (χ4v) is 2.38. The lowest BCUT2D eigenvalue weighted by atomic mass is 10.1. The van der Waals surface area contributed by atoms with Crippen LogP contribution >= 0.6 is 0 Å². The Morgan fingerprint density at radius 1 is 0.960 bits per heavy atom. The molecule has 1 unspecified atom stereocenters. The molecule has 0 aromatic heterocycles. The molecule has 1 N–H and O–H groups in total. The molecule has 132 valence electrons. The van der Waals surface area contributed by atoms with Crippen LogP contribution in [0.4, 0.5) is 0 Å². The molecule has 0 fully saturated rings. The van der Waals surface area contributed by atoms with Crippen molar-refractivity contribution in [3.63, 3.8) is 0 Å². The average molecular weight is 339 g/mol. The van der Waals surface area contributed by atoms with Crippen LogP contribution in [0.3, 0.4) is 0 Å². The number of carbonyl (C=O) groups excluding carboxylic acids is 1. The van der Waals surface area contributed by atoms with Crippen molar-refractivity contribution in [1.82, 2.24) is 5.32 Å². The van der Waals surface area contributed by atoms with E-state index >= 15 is 0 Å². The van der Waals surface area contributed by atoms with Crippen LogP contribution in [0.25, 0.3) is 6.08 Å². The van der Waals surface area contributed by atoms with Gasteiger partial charge in [-0.1, -0.05) is 24.3 Å². The first-order chi connectivity index (χ1) is 12.1. The van der Waals surface area contributed by atoms with Crippen LogP contribution in [0.2, 0.25) is 0 Å². The molecule has 0 aliphatic rings. The third-order valence-electron chi connectivity index (χ3n) is 3.67. The maximum atomic E-state index is 12.1. The second kappa shape index (κ2) is 9.52. The summed E-state index contributed by atoms with van der Waals surface area (Å²) < 4.78 is 10.8. The fraction of sp³-hybridized carbons (Fsp3) is 0.286. The molecule has 0 radical (unpaired) electrons. The molecule has 1 amide bonds. The standard InChI is InChI=1S/C21H25NO3/c1-4-24-19-11-6-17(7-12-19)8-15-21(23)22-16(3)18-9-13-20(14-10-18)25-5-2/h6-16H,4-5H2,1-3H3,(H,22,23)/b15-8+. The van der Waals surface area contributed by atoms with E-state index in [0.29, 0.717) is 13.2 Å². The van der Waals surface area contributed by atoms with Gasteiger partial charge in [0.25, 0.3) is 0 Å². The fourth-order valence-electron chi connectivity index (χ4n) is 2.38. The van der Waals surface area contributed by atoms with E-state index in [1.165, 1.54) is 0 Å². The van der Waals surface area contributed by atoms with E-state index in [0.717, 1.165) is 22.6 Å². The molecule has 4 heteroatoms. The molecule has 0 aliphatic heterocycles. The maximum Gasteiger partial charge on any atom is 0.244 e. The van der Waals surface area contributed by atoms with Gasteiger partial charge in [0.2, 0.25) is 5.91 Å². The Morgan fingerprint density at radius 3 is 2.00 bits per heavy atom. The summed E-state index contributed by atoms with van der Waals surface area (Å²) in [7, 11) is 0. The molecule has 0 spiro atoms. The number of benzene rings is 2. The lowest BCUT2D eigenvalue weighted by molar-refractivity contribution is -0.117. The van der Waals surface area contributed by atoms with Crippen LogP contribution in [0.5, 0.6) is 11.5 Å². The Morgan fingerprint density at radius 2 is 1.48 bits per heavy atom. The van der Waals surface area contributed by atoms with Gasteiger partial charge in [0.05, 0.1) is 19.3 Å².